The molecule has 8 rings (SSSR count). The smallest absolute Gasteiger partial charge is 0.345 e. The van der Waals surface area contributed by atoms with Crippen LogP contribution in [0.5, 0.6) is 0 Å². The predicted octanol–water partition coefficient (Wildman–Crippen LogP) is 13.0. The monoisotopic (exact) mass is 856 g/mol. The molecular formula is C56H56O8. The third-order valence-corrected chi connectivity index (χ3v) is 12.2. The van der Waals surface area contributed by atoms with Crippen LogP contribution in [0, 0.1) is 11.8 Å². The van der Waals surface area contributed by atoms with Crippen LogP contribution >= 0.6 is 0 Å². The number of fused-ring (bicyclic) bond motifs is 8. The Bertz CT molecular complexity index is 2990. The first-order valence-electron chi connectivity index (χ1n) is 22.0. The Hall–Kier alpha value is -6.80. The molecule has 0 saturated carbocycles. The van der Waals surface area contributed by atoms with E-state index in [1.165, 1.54) is 43.1 Å². The maximum absolute atomic E-state index is 12.3. The summed E-state index contributed by atoms with van der Waals surface area (Å²) < 4.78 is 21.5. The van der Waals surface area contributed by atoms with Crippen LogP contribution in [0.15, 0.2) is 133 Å². The van der Waals surface area contributed by atoms with Gasteiger partial charge in [-0.05, 0) is 153 Å². The number of benzene rings is 8. The summed E-state index contributed by atoms with van der Waals surface area (Å²) in [4.78, 5) is 48.3. The molecule has 0 fully saturated rings. The van der Waals surface area contributed by atoms with Crippen LogP contribution in [-0.4, -0.2) is 37.1 Å². The Morgan fingerprint density at radius 2 is 0.781 bits per heavy atom. The summed E-state index contributed by atoms with van der Waals surface area (Å²) >= 11 is 0. The van der Waals surface area contributed by atoms with Gasteiger partial charge in [0.25, 0.3) is 0 Å². The summed E-state index contributed by atoms with van der Waals surface area (Å²) in [6.07, 6.45) is 1.34. The molecule has 0 N–H and O–H groups in total. The fourth-order valence-electron chi connectivity index (χ4n) is 7.89. The van der Waals surface area contributed by atoms with Gasteiger partial charge in [0.15, 0.2) is 13.2 Å². The van der Waals surface area contributed by atoms with Gasteiger partial charge in [-0.2, -0.15) is 0 Å². The minimum Gasteiger partial charge on any atom is -0.453 e. The SMILES string of the molecule is CCC(C)C(=O)OCC(=O)OC(C)(C)c1ccc2c(ccc3c4ccccc4ccc23)c1.CCC(C)C(=O)OCC(=O)OC(C)(C)c1ccc2cc3cc4ccccc4cc3cc2c1. The molecule has 0 bridgehead atoms. The van der Waals surface area contributed by atoms with E-state index in [0.717, 1.165) is 32.7 Å². The van der Waals surface area contributed by atoms with Gasteiger partial charge in [-0.3, -0.25) is 9.59 Å². The second-order valence-corrected chi connectivity index (χ2v) is 17.6. The molecular weight excluding hydrogens is 801 g/mol. The van der Waals surface area contributed by atoms with Gasteiger partial charge in [0, 0.05) is 0 Å². The number of carbonyl (C=O) groups excluding carboxylic acids is 4. The van der Waals surface area contributed by atoms with Gasteiger partial charge in [0.1, 0.15) is 11.2 Å². The average Bonchev–Trinajstić information content (AvgIpc) is 3.29. The van der Waals surface area contributed by atoms with E-state index in [0.29, 0.717) is 12.8 Å². The lowest BCUT2D eigenvalue weighted by molar-refractivity contribution is -0.170. The Balaban J connectivity index is 0.000000191. The first-order chi connectivity index (χ1) is 30.6. The van der Waals surface area contributed by atoms with Crippen LogP contribution < -0.4 is 0 Å². The molecule has 0 aromatic heterocycles. The van der Waals surface area contributed by atoms with Crippen molar-refractivity contribution in [2.75, 3.05) is 13.2 Å². The quantitative estimate of drug-likeness (QED) is 0.0518. The number of hydrogen-bond acceptors (Lipinski definition) is 8. The number of ether oxygens (including phenoxy) is 4. The van der Waals surface area contributed by atoms with Crippen LogP contribution in [0.25, 0.3) is 64.6 Å². The molecule has 0 spiro atoms. The first kappa shape index (κ1) is 45.2. The average molecular weight is 857 g/mol. The Morgan fingerprint density at radius 3 is 1.30 bits per heavy atom. The highest BCUT2D eigenvalue weighted by molar-refractivity contribution is 6.17. The van der Waals surface area contributed by atoms with Crippen LogP contribution in [0.1, 0.15) is 79.4 Å². The van der Waals surface area contributed by atoms with Crippen LogP contribution in [0.3, 0.4) is 0 Å². The highest BCUT2D eigenvalue weighted by Crippen LogP contribution is 2.35. The standard InChI is InChI=1S/2C28H28O4/c1-5-18(2)27(30)31-17-26(29)32-28(3,4)21-12-15-23-20(16-21)11-14-24-22-9-7-6-8-19(22)10-13-25(23)24;1-5-18(2)27(30)31-17-26(29)32-28(3,4)25-11-10-21-14-22-12-19-8-6-7-9-20(19)13-23(22)15-24(21)16-25/h2*6-16,18H,5,17H2,1-4H3. The molecule has 0 radical (unpaired) electrons. The zero-order valence-corrected chi connectivity index (χ0v) is 38.0. The van der Waals surface area contributed by atoms with E-state index in [4.69, 9.17) is 18.9 Å². The van der Waals surface area contributed by atoms with Gasteiger partial charge >= 0.3 is 23.9 Å². The molecule has 8 aromatic rings. The van der Waals surface area contributed by atoms with Crippen molar-refractivity contribution in [3.05, 3.63) is 145 Å². The van der Waals surface area contributed by atoms with Crippen molar-refractivity contribution < 1.29 is 38.1 Å². The van der Waals surface area contributed by atoms with Gasteiger partial charge in [0.05, 0.1) is 11.8 Å². The van der Waals surface area contributed by atoms with E-state index >= 15 is 0 Å². The highest BCUT2D eigenvalue weighted by atomic mass is 16.6. The second kappa shape index (κ2) is 18.9. The summed E-state index contributed by atoms with van der Waals surface area (Å²) in [7, 11) is 0. The summed E-state index contributed by atoms with van der Waals surface area (Å²) in [6, 6.07) is 46.3. The normalized spacial score (nSPS) is 12.8. The van der Waals surface area contributed by atoms with Crippen LogP contribution in [0.4, 0.5) is 0 Å². The molecule has 328 valence electrons. The molecule has 8 heteroatoms. The van der Waals surface area contributed by atoms with Gasteiger partial charge in [0.2, 0.25) is 0 Å². The molecule has 8 aromatic carbocycles. The summed E-state index contributed by atoms with van der Waals surface area (Å²) in [6.45, 7) is 14.0. The van der Waals surface area contributed by atoms with Crippen LogP contribution in [-0.2, 0) is 49.3 Å². The van der Waals surface area contributed by atoms with Gasteiger partial charge in [-0.15, -0.1) is 0 Å². The van der Waals surface area contributed by atoms with Crippen LogP contribution in [0.2, 0.25) is 0 Å². The van der Waals surface area contributed by atoms with Crippen molar-refractivity contribution in [3.8, 4) is 0 Å². The third kappa shape index (κ3) is 10.0. The molecule has 64 heavy (non-hydrogen) atoms. The Morgan fingerprint density at radius 1 is 0.422 bits per heavy atom. The molecule has 0 aliphatic carbocycles. The maximum Gasteiger partial charge on any atom is 0.345 e. The fraction of sp³-hybridized carbons (Fsp3) is 0.286. The van der Waals surface area contributed by atoms with Gasteiger partial charge in [-0.1, -0.05) is 125 Å². The molecule has 0 aliphatic heterocycles. The van der Waals surface area contributed by atoms with E-state index in [1.807, 2.05) is 59.7 Å². The van der Waals surface area contributed by atoms with E-state index in [9.17, 15) is 19.2 Å². The summed E-state index contributed by atoms with van der Waals surface area (Å²) in [5, 5.41) is 14.1. The number of hydrogen-bond donors (Lipinski definition) is 0. The summed E-state index contributed by atoms with van der Waals surface area (Å²) in [5.41, 5.74) is 0.0530. The van der Waals surface area contributed by atoms with E-state index in [1.54, 1.807) is 13.8 Å². The fourth-order valence-corrected chi connectivity index (χ4v) is 7.89. The van der Waals surface area contributed by atoms with E-state index in [-0.39, 0.29) is 37.0 Å². The molecule has 0 saturated heterocycles. The number of esters is 4. The first-order valence-corrected chi connectivity index (χ1v) is 22.0. The molecule has 0 heterocycles. The minimum atomic E-state index is -0.855. The lowest BCUT2D eigenvalue weighted by Gasteiger charge is -2.26. The van der Waals surface area contributed by atoms with Crippen molar-refractivity contribution in [2.24, 2.45) is 11.8 Å². The Labute approximate surface area is 374 Å². The number of rotatable bonds is 12. The molecule has 2 unspecified atom stereocenters. The van der Waals surface area contributed by atoms with Crippen molar-refractivity contribution in [1.29, 1.82) is 0 Å². The second-order valence-electron chi connectivity index (χ2n) is 17.6. The maximum atomic E-state index is 12.3. The minimum absolute atomic E-state index is 0.233. The topological polar surface area (TPSA) is 105 Å². The summed E-state index contributed by atoms with van der Waals surface area (Å²) in [5.74, 6) is -2.35. The van der Waals surface area contributed by atoms with Gasteiger partial charge in [-0.25, -0.2) is 9.59 Å². The Kier molecular flexibility index (Phi) is 13.4. The molecule has 8 nitrogen and oxygen atoms in total. The highest BCUT2D eigenvalue weighted by Gasteiger charge is 2.28. The molecule has 2 atom stereocenters. The lowest BCUT2D eigenvalue weighted by atomic mass is 9.92. The van der Waals surface area contributed by atoms with Crippen molar-refractivity contribution in [1.82, 2.24) is 0 Å². The van der Waals surface area contributed by atoms with Gasteiger partial charge < -0.3 is 18.9 Å². The van der Waals surface area contributed by atoms with Crippen molar-refractivity contribution in [3.63, 3.8) is 0 Å². The van der Waals surface area contributed by atoms with E-state index < -0.39 is 23.1 Å². The third-order valence-electron chi connectivity index (χ3n) is 12.2. The lowest BCUT2D eigenvalue weighted by Crippen LogP contribution is -2.29. The largest absolute Gasteiger partial charge is 0.453 e. The van der Waals surface area contributed by atoms with E-state index in [2.05, 4.69) is 115 Å². The van der Waals surface area contributed by atoms with Crippen molar-refractivity contribution in [2.45, 2.75) is 79.4 Å². The predicted molar refractivity (Wildman–Crippen MR) is 257 cm³/mol. The zero-order chi connectivity index (χ0) is 45.8. The molecule has 0 aliphatic rings. The molecule has 0 amide bonds. The number of carbonyl (C=O) groups is 4. The zero-order valence-electron chi connectivity index (χ0n) is 38.0. The van der Waals surface area contributed by atoms with Crippen molar-refractivity contribution >= 4 is 88.5 Å².